The maximum absolute atomic E-state index is 11.8. The zero-order valence-electron chi connectivity index (χ0n) is 13.0. The van der Waals surface area contributed by atoms with Crippen LogP contribution in [0.15, 0.2) is 24.3 Å². The lowest BCUT2D eigenvalue weighted by Crippen LogP contribution is -2.35. The molecule has 0 spiro atoms. The summed E-state index contributed by atoms with van der Waals surface area (Å²) in [6.07, 6.45) is 4.48. The highest BCUT2D eigenvalue weighted by molar-refractivity contribution is 7.91. The van der Waals surface area contributed by atoms with Crippen molar-refractivity contribution in [1.29, 1.82) is 0 Å². The van der Waals surface area contributed by atoms with Gasteiger partial charge in [0.2, 0.25) is 0 Å². The molecule has 1 aromatic carbocycles. The number of sulfone groups is 1. The van der Waals surface area contributed by atoms with Crippen molar-refractivity contribution < 1.29 is 8.42 Å². The van der Waals surface area contributed by atoms with E-state index in [1.807, 2.05) is 0 Å². The first-order chi connectivity index (χ1) is 9.40. The van der Waals surface area contributed by atoms with E-state index in [9.17, 15) is 8.42 Å². The monoisotopic (exact) mass is 297 g/mol. The van der Waals surface area contributed by atoms with Gasteiger partial charge >= 0.3 is 0 Å². The van der Waals surface area contributed by atoms with Crippen LogP contribution in [-0.4, -0.2) is 26.5 Å². The molecule has 0 bridgehead atoms. The van der Waals surface area contributed by atoms with Gasteiger partial charge in [-0.25, -0.2) is 8.42 Å². The number of hydrogen-bond acceptors (Lipinski definition) is 3. The molecule has 0 radical (unpaired) electrons. The Hall–Kier alpha value is -0.870. The third kappa shape index (κ3) is 4.91. The lowest BCUT2D eigenvalue weighted by atomic mass is 10.0. The molecule has 0 aliphatic rings. The molecular formula is C16H27NO2S. The van der Waals surface area contributed by atoms with Gasteiger partial charge in [0, 0.05) is 12.3 Å². The van der Waals surface area contributed by atoms with Crippen molar-refractivity contribution in [2.24, 2.45) is 0 Å². The van der Waals surface area contributed by atoms with E-state index in [2.05, 4.69) is 43.4 Å². The van der Waals surface area contributed by atoms with E-state index in [1.54, 1.807) is 6.92 Å². The van der Waals surface area contributed by atoms with Gasteiger partial charge in [0.25, 0.3) is 0 Å². The van der Waals surface area contributed by atoms with Gasteiger partial charge in [-0.3, -0.25) is 0 Å². The SMILES string of the molecule is CCCNC(c1ccc(CCC)cc1)C(C)S(C)(=O)=O. The summed E-state index contributed by atoms with van der Waals surface area (Å²) >= 11 is 0. The molecule has 3 nitrogen and oxygen atoms in total. The molecule has 4 heteroatoms. The molecule has 0 fully saturated rings. The Morgan fingerprint density at radius 3 is 2.15 bits per heavy atom. The summed E-state index contributed by atoms with van der Waals surface area (Å²) in [4.78, 5) is 0. The van der Waals surface area contributed by atoms with Crippen LogP contribution in [0, 0.1) is 0 Å². The van der Waals surface area contributed by atoms with Crippen LogP contribution in [0.25, 0.3) is 0 Å². The van der Waals surface area contributed by atoms with Crippen LogP contribution in [0.5, 0.6) is 0 Å². The molecule has 0 aromatic heterocycles. The Balaban J connectivity index is 2.98. The second-order valence-electron chi connectivity index (χ2n) is 5.46. The highest BCUT2D eigenvalue weighted by Crippen LogP contribution is 2.22. The zero-order chi connectivity index (χ0) is 15.2. The molecule has 2 atom stereocenters. The molecule has 0 aliphatic heterocycles. The number of aryl methyl sites for hydroxylation is 1. The highest BCUT2D eigenvalue weighted by Gasteiger charge is 2.26. The van der Waals surface area contributed by atoms with Gasteiger partial charge < -0.3 is 5.32 Å². The molecule has 0 amide bonds. The second kappa shape index (κ2) is 7.79. The standard InChI is InChI=1S/C16H27NO2S/c1-5-7-14-8-10-15(11-9-14)16(17-12-6-2)13(3)20(4,18)19/h8-11,13,16-17H,5-7,12H2,1-4H3. The number of hydrogen-bond donors (Lipinski definition) is 1. The van der Waals surface area contributed by atoms with Crippen LogP contribution in [0.1, 0.15) is 50.8 Å². The van der Waals surface area contributed by atoms with Crippen LogP contribution < -0.4 is 5.32 Å². The summed E-state index contributed by atoms with van der Waals surface area (Å²) < 4.78 is 23.7. The minimum absolute atomic E-state index is 0.138. The molecular weight excluding hydrogens is 270 g/mol. The van der Waals surface area contributed by atoms with Gasteiger partial charge in [-0.1, -0.05) is 44.5 Å². The molecule has 1 rings (SSSR count). The van der Waals surface area contributed by atoms with Crippen LogP contribution in [-0.2, 0) is 16.3 Å². The summed E-state index contributed by atoms with van der Waals surface area (Å²) in [5.41, 5.74) is 2.36. The Bertz CT molecular complexity index is 494. The number of rotatable bonds is 8. The van der Waals surface area contributed by atoms with Crippen molar-refractivity contribution in [2.45, 2.75) is 51.3 Å². The predicted octanol–water partition coefficient (Wildman–Crippen LogP) is 3.11. The van der Waals surface area contributed by atoms with Crippen molar-refractivity contribution >= 4 is 9.84 Å². The molecule has 20 heavy (non-hydrogen) atoms. The van der Waals surface area contributed by atoms with E-state index < -0.39 is 15.1 Å². The fraction of sp³-hybridized carbons (Fsp3) is 0.625. The van der Waals surface area contributed by atoms with E-state index in [0.29, 0.717) is 0 Å². The highest BCUT2D eigenvalue weighted by atomic mass is 32.2. The van der Waals surface area contributed by atoms with E-state index >= 15 is 0 Å². The van der Waals surface area contributed by atoms with Crippen LogP contribution >= 0.6 is 0 Å². The first kappa shape index (κ1) is 17.2. The first-order valence-electron chi connectivity index (χ1n) is 7.41. The molecule has 1 N–H and O–H groups in total. The zero-order valence-corrected chi connectivity index (χ0v) is 13.8. The lowest BCUT2D eigenvalue weighted by molar-refractivity contribution is 0.500. The minimum Gasteiger partial charge on any atom is -0.309 e. The average molecular weight is 297 g/mol. The van der Waals surface area contributed by atoms with Crippen molar-refractivity contribution in [3.8, 4) is 0 Å². The predicted molar refractivity (Wildman–Crippen MR) is 85.8 cm³/mol. The molecule has 2 unspecified atom stereocenters. The molecule has 114 valence electrons. The third-order valence-corrected chi connectivity index (χ3v) is 5.26. The Morgan fingerprint density at radius 1 is 1.10 bits per heavy atom. The second-order valence-corrected chi connectivity index (χ2v) is 7.86. The van der Waals surface area contributed by atoms with E-state index in [-0.39, 0.29) is 6.04 Å². The van der Waals surface area contributed by atoms with Gasteiger partial charge in [-0.05, 0) is 37.4 Å². The minimum atomic E-state index is -3.06. The largest absolute Gasteiger partial charge is 0.309 e. The molecule has 0 aliphatic carbocycles. The van der Waals surface area contributed by atoms with E-state index in [0.717, 1.165) is 31.4 Å². The van der Waals surface area contributed by atoms with E-state index in [1.165, 1.54) is 11.8 Å². The summed E-state index contributed by atoms with van der Waals surface area (Å²) in [6, 6.07) is 8.18. The van der Waals surface area contributed by atoms with Crippen molar-refractivity contribution in [3.05, 3.63) is 35.4 Å². The lowest BCUT2D eigenvalue weighted by Gasteiger charge is -2.24. The Labute approximate surface area is 123 Å². The van der Waals surface area contributed by atoms with Crippen LogP contribution in [0.4, 0.5) is 0 Å². The smallest absolute Gasteiger partial charge is 0.151 e. The van der Waals surface area contributed by atoms with Gasteiger partial charge in [0.1, 0.15) is 0 Å². The molecule has 0 saturated heterocycles. The Morgan fingerprint density at radius 2 is 1.70 bits per heavy atom. The normalized spacial score (nSPS) is 15.0. The third-order valence-electron chi connectivity index (χ3n) is 3.64. The summed E-state index contributed by atoms with van der Waals surface area (Å²) in [5.74, 6) is 0. The molecule has 0 saturated carbocycles. The maximum atomic E-state index is 11.8. The van der Waals surface area contributed by atoms with Crippen molar-refractivity contribution in [3.63, 3.8) is 0 Å². The summed E-state index contributed by atoms with van der Waals surface area (Å²) in [5, 5.41) is 2.94. The quantitative estimate of drug-likeness (QED) is 0.802. The fourth-order valence-corrected chi connectivity index (χ4v) is 3.03. The molecule has 0 heterocycles. The average Bonchev–Trinajstić information content (AvgIpc) is 2.40. The van der Waals surface area contributed by atoms with Crippen molar-refractivity contribution in [2.75, 3.05) is 12.8 Å². The molecule has 1 aromatic rings. The van der Waals surface area contributed by atoms with Gasteiger partial charge in [0.15, 0.2) is 9.84 Å². The van der Waals surface area contributed by atoms with Crippen LogP contribution in [0.2, 0.25) is 0 Å². The van der Waals surface area contributed by atoms with Gasteiger partial charge in [-0.2, -0.15) is 0 Å². The number of benzene rings is 1. The summed E-state index contributed by atoms with van der Waals surface area (Å²) in [6.45, 7) is 6.84. The van der Waals surface area contributed by atoms with E-state index in [4.69, 9.17) is 0 Å². The topological polar surface area (TPSA) is 46.2 Å². The number of nitrogens with one attached hydrogen (secondary N) is 1. The van der Waals surface area contributed by atoms with Crippen molar-refractivity contribution in [1.82, 2.24) is 5.32 Å². The maximum Gasteiger partial charge on any atom is 0.151 e. The first-order valence-corrected chi connectivity index (χ1v) is 9.36. The summed E-state index contributed by atoms with van der Waals surface area (Å²) in [7, 11) is -3.06. The Kier molecular flexibility index (Phi) is 6.69. The van der Waals surface area contributed by atoms with Gasteiger partial charge in [0.05, 0.1) is 5.25 Å². The fourth-order valence-electron chi connectivity index (χ4n) is 2.28. The van der Waals surface area contributed by atoms with Gasteiger partial charge in [-0.15, -0.1) is 0 Å². The van der Waals surface area contributed by atoms with Crippen LogP contribution in [0.3, 0.4) is 0 Å².